The van der Waals surface area contributed by atoms with E-state index in [2.05, 4.69) is 31.2 Å². The molecule has 0 bridgehead atoms. The third-order valence-corrected chi connectivity index (χ3v) is 4.60. The third-order valence-electron chi connectivity index (χ3n) is 4.00. The van der Waals surface area contributed by atoms with Crippen molar-refractivity contribution < 1.29 is 18.7 Å². The largest absolute Gasteiger partial charge is 0.491 e. The molecule has 1 unspecified atom stereocenters. The first-order chi connectivity index (χ1) is 13.1. The molecule has 1 aliphatic heterocycles. The molecule has 0 saturated carbocycles. The van der Waals surface area contributed by atoms with Gasteiger partial charge in [-0.3, -0.25) is 9.78 Å². The molecule has 4 rings (SSSR count). The Balaban J connectivity index is 1.50. The van der Waals surface area contributed by atoms with E-state index in [9.17, 15) is 9.18 Å². The third kappa shape index (κ3) is 3.75. The van der Waals surface area contributed by atoms with E-state index in [4.69, 9.17) is 9.47 Å². The average molecular weight is 430 g/mol. The SMILES string of the molecule is O=C(NC1COc2cc(F)c(Br)cc21)c1cccc(Oc2cnccn2)c1. The molecule has 1 atom stereocenters. The summed E-state index contributed by atoms with van der Waals surface area (Å²) in [4.78, 5) is 20.6. The minimum Gasteiger partial charge on any atom is -0.491 e. The first kappa shape index (κ1) is 17.4. The van der Waals surface area contributed by atoms with Crippen LogP contribution in [0.25, 0.3) is 0 Å². The Hall–Kier alpha value is -3.00. The predicted molar refractivity (Wildman–Crippen MR) is 98.4 cm³/mol. The van der Waals surface area contributed by atoms with Crippen molar-refractivity contribution in [2.45, 2.75) is 6.04 Å². The monoisotopic (exact) mass is 429 g/mol. The molecule has 0 spiro atoms. The molecule has 27 heavy (non-hydrogen) atoms. The second kappa shape index (κ2) is 7.32. The molecule has 1 aromatic heterocycles. The van der Waals surface area contributed by atoms with Gasteiger partial charge in [0, 0.05) is 29.6 Å². The number of benzene rings is 2. The summed E-state index contributed by atoms with van der Waals surface area (Å²) in [5, 5.41) is 2.90. The molecule has 1 aliphatic rings. The lowest BCUT2D eigenvalue weighted by Crippen LogP contribution is -2.29. The second-order valence-electron chi connectivity index (χ2n) is 5.81. The van der Waals surface area contributed by atoms with Gasteiger partial charge < -0.3 is 14.8 Å². The van der Waals surface area contributed by atoms with E-state index in [1.165, 1.54) is 18.5 Å². The molecule has 136 valence electrons. The minimum absolute atomic E-state index is 0.243. The van der Waals surface area contributed by atoms with E-state index in [1.807, 2.05) is 0 Å². The molecule has 1 amide bonds. The normalized spacial score (nSPS) is 15.0. The van der Waals surface area contributed by atoms with E-state index in [0.717, 1.165) is 5.56 Å². The van der Waals surface area contributed by atoms with Gasteiger partial charge in [0.15, 0.2) is 0 Å². The highest BCUT2D eigenvalue weighted by Gasteiger charge is 2.27. The Morgan fingerprint density at radius 3 is 3.00 bits per heavy atom. The van der Waals surface area contributed by atoms with Crippen molar-refractivity contribution in [1.82, 2.24) is 15.3 Å². The van der Waals surface area contributed by atoms with Crippen LogP contribution in [0.4, 0.5) is 4.39 Å². The number of amides is 1. The van der Waals surface area contributed by atoms with Gasteiger partial charge >= 0.3 is 0 Å². The summed E-state index contributed by atoms with van der Waals surface area (Å²) >= 11 is 3.16. The molecule has 2 aromatic carbocycles. The maximum atomic E-state index is 13.6. The van der Waals surface area contributed by atoms with Crippen LogP contribution in [0.5, 0.6) is 17.4 Å². The lowest BCUT2D eigenvalue weighted by molar-refractivity contribution is 0.0930. The molecule has 1 N–H and O–H groups in total. The maximum Gasteiger partial charge on any atom is 0.252 e. The number of rotatable bonds is 4. The Kier molecular flexibility index (Phi) is 4.72. The number of aromatic nitrogens is 2. The van der Waals surface area contributed by atoms with Gasteiger partial charge in [-0.05, 0) is 40.2 Å². The lowest BCUT2D eigenvalue weighted by atomic mass is 10.1. The zero-order valence-electron chi connectivity index (χ0n) is 13.9. The van der Waals surface area contributed by atoms with Crippen molar-refractivity contribution in [2.75, 3.05) is 6.61 Å². The summed E-state index contributed by atoms with van der Waals surface area (Å²) in [5.41, 5.74) is 1.15. The van der Waals surface area contributed by atoms with Crippen LogP contribution >= 0.6 is 15.9 Å². The minimum atomic E-state index is -0.408. The van der Waals surface area contributed by atoms with Crippen molar-refractivity contribution in [3.8, 4) is 17.4 Å². The molecule has 0 fully saturated rings. The lowest BCUT2D eigenvalue weighted by Gasteiger charge is -2.13. The van der Waals surface area contributed by atoms with E-state index in [1.54, 1.807) is 36.5 Å². The number of halogens is 2. The molecular weight excluding hydrogens is 417 g/mol. The molecule has 0 aliphatic carbocycles. The predicted octanol–water partition coefficient (Wildman–Crippen LogP) is 4.03. The first-order valence-electron chi connectivity index (χ1n) is 8.07. The summed E-state index contributed by atoms with van der Waals surface area (Å²) in [6.45, 7) is 0.243. The second-order valence-corrected chi connectivity index (χ2v) is 6.67. The fraction of sp³-hybridized carbons (Fsp3) is 0.105. The van der Waals surface area contributed by atoms with Gasteiger partial charge in [-0.1, -0.05) is 6.07 Å². The van der Waals surface area contributed by atoms with Crippen molar-refractivity contribution in [2.24, 2.45) is 0 Å². The van der Waals surface area contributed by atoms with Crippen LogP contribution in [0.15, 0.2) is 59.5 Å². The van der Waals surface area contributed by atoms with E-state index in [0.29, 0.717) is 27.4 Å². The van der Waals surface area contributed by atoms with Crippen LogP contribution in [0, 0.1) is 5.82 Å². The van der Waals surface area contributed by atoms with Crippen LogP contribution in [-0.4, -0.2) is 22.5 Å². The smallest absolute Gasteiger partial charge is 0.252 e. The Morgan fingerprint density at radius 1 is 1.30 bits per heavy atom. The highest BCUT2D eigenvalue weighted by molar-refractivity contribution is 9.10. The quantitative estimate of drug-likeness (QED) is 0.677. The molecular formula is C19H13BrFN3O3. The van der Waals surface area contributed by atoms with Crippen LogP contribution in [0.2, 0.25) is 0 Å². The van der Waals surface area contributed by atoms with Crippen LogP contribution < -0.4 is 14.8 Å². The van der Waals surface area contributed by atoms with E-state index >= 15 is 0 Å². The average Bonchev–Trinajstić information content (AvgIpc) is 3.05. The molecule has 8 heteroatoms. The number of carbonyl (C=O) groups is 1. The fourth-order valence-electron chi connectivity index (χ4n) is 2.72. The zero-order valence-corrected chi connectivity index (χ0v) is 15.4. The van der Waals surface area contributed by atoms with Gasteiger partial charge in [0.25, 0.3) is 5.91 Å². The molecule has 0 radical (unpaired) electrons. The number of nitrogens with zero attached hydrogens (tertiary/aromatic N) is 2. The maximum absolute atomic E-state index is 13.6. The Morgan fingerprint density at radius 2 is 2.19 bits per heavy atom. The van der Waals surface area contributed by atoms with Gasteiger partial charge in [0.2, 0.25) is 5.88 Å². The van der Waals surface area contributed by atoms with Gasteiger partial charge in [0.1, 0.15) is 23.9 Å². The van der Waals surface area contributed by atoms with Gasteiger partial charge in [-0.2, -0.15) is 0 Å². The zero-order chi connectivity index (χ0) is 18.8. The molecule has 0 saturated heterocycles. The Labute approximate surface area is 162 Å². The number of fused-ring (bicyclic) bond motifs is 1. The fourth-order valence-corrected chi connectivity index (χ4v) is 3.09. The standard InChI is InChI=1S/C19H13BrFN3O3/c20-14-7-13-16(10-26-17(13)8-15(14)21)24-19(25)11-2-1-3-12(6-11)27-18-9-22-4-5-23-18/h1-9,16H,10H2,(H,24,25). The number of hydrogen-bond acceptors (Lipinski definition) is 5. The van der Waals surface area contributed by atoms with Crippen LogP contribution in [0.3, 0.4) is 0 Å². The van der Waals surface area contributed by atoms with Crippen LogP contribution in [-0.2, 0) is 0 Å². The summed E-state index contributed by atoms with van der Waals surface area (Å²) in [5.74, 6) is 0.535. The summed E-state index contributed by atoms with van der Waals surface area (Å²) in [7, 11) is 0. The van der Waals surface area contributed by atoms with Crippen LogP contribution in [0.1, 0.15) is 22.0 Å². The molecule has 6 nitrogen and oxygen atoms in total. The van der Waals surface area contributed by atoms with Crippen molar-refractivity contribution in [3.05, 3.63) is 76.4 Å². The summed E-state index contributed by atoms with van der Waals surface area (Å²) < 4.78 is 25.0. The summed E-state index contributed by atoms with van der Waals surface area (Å²) in [6.07, 6.45) is 4.55. The van der Waals surface area contributed by atoms with Crippen molar-refractivity contribution in [3.63, 3.8) is 0 Å². The molecule has 3 aromatic rings. The number of hydrogen-bond donors (Lipinski definition) is 1. The van der Waals surface area contributed by atoms with Gasteiger partial charge in [-0.25, -0.2) is 9.37 Å². The van der Waals surface area contributed by atoms with Crippen molar-refractivity contribution in [1.29, 1.82) is 0 Å². The first-order valence-corrected chi connectivity index (χ1v) is 8.86. The van der Waals surface area contributed by atoms with Gasteiger partial charge in [0.05, 0.1) is 16.7 Å². The summed E-state index contributed by atoms with van der Waals surface area (Å²) in [6, 6.07) is 9.29. The van der Waals surface area contributed by atoms with Crippen molar-refractivity contribution >= 4 is 21.8 Å². The van der Waals surface area contributed by atoms with Gasteiger partial charge in [-0.15, -0.1) is 0 Å². The molecule has 2 heterocycles. The number of ether oxygens (including phenoxy) is 2. The van der Waals surface area contributed by atoms with E-state index in [-0.39, 0.29) is 18.6 Å². The number of carbonyl (C=O) groups excluding carboxylic acids is 1. The highest BCUT2D eigenvalue weighted by atomic mass is 79.9. The topological polar surface area (TPSA) is 73.3 Å². The Bertz CT molecular complexity index is 1000. The highest BCUT2D eigenvalue weighted by Crippen LogP contribution is 2.36. The number of nitrogens with one attached hydrogen (secondary N) is 1. The van der Waals surface area contributed by atoms with E-state index < -0.39 is 5.82 Å².